The van der Waals surface area contributed by atoms with Crippen LogP contribution in [0.5, 0.6) is 0 Å². The molecule has 2 amide bonds. The van der Waals surface area contributed by atoms with Crippen molar-refractivity contribution in [3.63, 3.8) is 0 Å². The van der Waals surface area contributed by atoms with Gasteiger partial charge in [-0.15, -0.1) is 0 Å². The van der Waals surface area contributed by atoms with Crippen LogP contribution in [-0.2, 0) is 19.1 Å². The molecule has 0 unspecified atom stereocenters. The van der Waals surface area contributed by atoms with Crippen LogP contribution in [0.2, 0.25) is 0 Å². The van der Waals surface area contributed by atoms with Gasteiger partial charge in [0.15, 0.2) is 6.10 Å². The monoisotopic (exact) mass is 280 g/mol. The molecule has 0 heterocycles. The fourth-order valence-electron chi connectivity index (χ4n) is 1.28. The summed E-state index contributed by atoms with van der Waals surface area (Å²) >= 11 is 0. The molecule has 2 N–H and O–H groups in total. The number of ether oxygens (including phenoxy) is 2. The predicted octanol–water partition coefficient (Wildman–Crippen LogP) is 0.0257. The summed E-state index contributed by atoms with van der Waals surface area (Å²) in [4.78, 5) is 34.3. The van der Waals surface area contributed by atoms with Crippen LogP contribution >= 0.6 is 0 Å². The molecule has 1 rings (SSSR count). The lowest BCUT2D eigenvalue weighted by atomic mass is 10.2. The zero-order chi connectivity index (χ0) is 15.0. The molecule has 0 aliphatic carbocycles. The second-order valence-corrected chi connectivity index (χ2v) is 3.87. The number of esters is 1. The van der Waals surface area contributed by atoms with E-state index in [0.717, 1.165) is 0 Å². The second kappa shape index (κ2) is 7.90. The molecule has 0 aliphatic rings. The van der Waals surface area contributed by atoms with Gasteiger partial charge in [-0.1, -0.05) is 18.2 Å². The number of nitrogens with one attached hydrogen (secondary N) is 2. The lowest BCUT2D eigenvalue weighted by molar-refractivity contribution is -0.158. The van der Waals surface area contributed by atoms with Gasteiger partial charge in [0.25, 0.3) is 11.8 Å². The van der Waals surface area contributed by atoms with Gasteiger partial charge in [-0.2, -0.15) is 0 Å². The van der Waals surface area contributed by atoms with E-state index in [0.29, 0.717) is 5.56 Å². The van der Waals surface area contributed by atoms with Crippen molar-refractivity contribution in [3.05, 3.63) is 35.9 Å². The number of amides is 2. The highest BCUT2D eigenvalue weighted by Gasteiger charge is 2.18. The Morgan fingerprint density at radius 1 is 1.15 bits per heavy atom. The van der Waals surface area contributed by atoms with E-state index in [1.807, 2.05) is 0 Å². The van der Waals surface area contributed by atoms with Gasteiger partial charge in [-0.25, -0.2) is 4.79 Å². The third-order valence-electron chi connectivity index (χ3n) is 2.27. The Hall–Kier alpha value is -2.41. The van der Waals surface area contributed by atoms with E-state index in [9.17, 15) is 14.4 Å². The first kappa shape index (κ1) is 15.6. The fourth-order valence-corrected chi connectivity index (χ4v) is 1.28. The van der Waals surface area contributed by atoms with Crippen LogP contribution in [-0.4, -0.2) is 37.6 Å². The van der Waals surface area contributed by atoms with Crippen LogP contribution in [0, 0.1) is 0 Å². The number of benzene rings is 1. The molecule has 0 aromatic heterocycles. The van der Waals surface area contributed by atoms with E-state index in [-0.39, 0.29) is 6.61 Å². The highest BCUT2D eigenvalue weighted by molar-refractivity contribution is 5.95. The molecule has 0 aliphatic heterocycles. The molecular formula is C13H16N2O5. The lowest BCUT2D eigenvalue weighted by Gasteiger charge is -2.13. The summed E-state index contributed by atoms with van der Waals surface area (Å²) < 4.78 is 9.33. The van der Waals surface area contributed by atoms with Crippen molar-refractivity contribution in [2.45, 2.75) is 13.0 Å². The van der Waals surface area contributed by atoms with E-state index in [2.05, 4.69) is 15.6 Å². The van der Waals surface area contributed by atoms with Crippen LogP contribution in [0.4, 0.5) is 0 Å². The van der Waals surface area contributed by atoms with Crippen LogP contribution in [0.1, 0.15) is 17.3 Å². The number of carbonyl (C=O) groups excluding carboxylic acids is 3. The molecule has 108 valence electrons. The van der Waals surface area contributed by atoms with Gasteiger partial charge >= 0.3 is 5.97 Å². The van der Waals surface area contributed by atoms with Crippen LogP contribution in [0.25, 0.3) is 0 Å². The van der Waals surface area contributed by atoms with Crippen LogP contribution in [0.3, 0.4) is 0 Å². The molecule has 1 atom stereocenters. The maximum Gasteiger partial charge on any atom is 0.332 e. The first-order valence-corrected chi connectivity index (χ1v) is 5.88. The van der Waals surface area contributed by atoms with Gasteiger partial charge in [0, 0.05) is 12.7 Å². The molecule has 7 heteroatoms. The fraction of sp³-hybridized carbons (Fsp3) is 0.308. The quantitative estimate of drug-likeness (QED) is 0.586. The van der Waals surface area contributed by atoms with Crippen LogP contribution < -0.4 is 10.9 Å². The Kier molecular flexibility index (Phi) is 6.18. The van der Waals surface area contributed by atoms with Gasteiger partial charge in [0.1, 0.15) is 6.61 Å². The van der Waals surface area contributed by atoms with Crippen molar-refractivity contribution in [3.8, 4) is 0 Å². The standard InChI is InChI=1S/C13H16N2O5/c1-9(20-11(16)8-19-2)12(17)14-15-13(18)10-6-4-3-5-7-10/h3-7,9H,8H2,1-2H3,(H,14,17)(H,15,18)/t9-/m0/s1. The minimum Gasteiger partial charge on any atom is -0.451 e. The Morgan fingerprint density at radius 3 is 2.40 bits per heavy atom. The normalized spacial score (nSPS) is 11.3. The second-order valence-electron chi connectivity index (χ2n) is 3.87. The van der Waals surface area contributed by atoms with Crippen molar-refractivity contribution in [2.24, 2.45) is 0 Å². The minimum absolute atomic E-state index is 0.242. The van der Waals surface area contributed by atoms with E-state index in [1.54, 1.807) is 30.3 Å². The van der Waals surface area contributed by atoms with Gasteiger partial charge < -0.3 is 9.47 Å². The highest BCUT2D eigenvalue weighted by atomic mass is 16.6. The number of hydrogen-bond donors (Lipinski definition) is 2. The molecule has 0 bridgehead atoms. The number of carbonyl (C=O) groups is 3. The van der Waals surface area contributed by atoms with Gasteiger partial charge in [-0.3, -0.25) is 20.4 Å². The minimum atomic E-state index is -1.03. The summed E-state index contributed by atoms with van der Waals surface area (Å²) in [5.74, 6) is -1.77. The van der Waals surface area contributed by atoms with Crippen molar-refractivity contribution in [1.82, 2.24) is 10.9 Å². The van der Waals surface area contributed by atoms with E-state index in [1.165, 1.54) is 14.0 Å². The summed E-state index contributed by atoms with van der Waals surface area (Å²) in [5, 5.41) is 0. The van der Waals surface area contributed by atoms with Gasteiger partial charge in [0.05, 0.1) is 0 Å². The smallest absolute Gasteiger partial charge is 0.332 e. The summed E-state index contributed by atoms with van der Waals surface area (Å²) in [7, 11) is 1.34. The van der Waals surface area contributed by atoms with Crippen molar-refractivity contribution < 1.29 is 23.9 Å². The maximum atomic E-state index is 11.6. The summed E-state index contributed by atoms with van der Waals surface area (Å²) in [6, 6.07) is 8.37. The molecule has 0 radical (unpaired) electrons. The first-order valence-electron chi connectivity index (χ1n) is 5.88. The molecule has 0 saturated carbocycles. The zero-order valence-corrected chi connectivity index (χ0v) is 11.2. The van der Waals surface area contributed by atoms with Gasteiger partial charge in [0.2, 0.25) is 0 Å². The Morgan fingerprint density at radius 2 is 1.80 bits per heavy atom. The summed E-state index contributed by atoms with van der Waals surface area (Å²) in [6.45, 7) is 1.14. The Bertz CT molecular complexity index is 475. The van der Waals surface area contributed by atoms with Crippen LogP contribution in [0.15, 0.2) is 30.3 Å². The first-order chi connectivity index (χ1) is 9.54. The number of rotatable bonds is 5. The predicted molar refractivity (Wildman–Crippen MR) is 69.5 cm³/mol. The van der Waals surface area contributed by atoms with E-state index < -0.39 is 23.9 Å². The number of hydrogen-bond acceptors (Lipinski definition) is 5. The third-order valence-corrected chi connectivity index (χ3v) is 2.27. The molecule has 0 saturated heterocycles. The zero-order valence-electron chi connectivity index (χ0n) is 11.2. The molecule has 0 fully saturated rings. The van der Waals surface area contributed by atoms with E-state index >= 15 is 0 Å². The molecule has 20 heavy (non-hydrogen) atoms. The average molecular weight is 280 g/mol. The highest BCUT2D eigenvalue weighted by Crippen LogP contribution is 1.97. The largest absolute Gasteiger partial charge is 0.451 e. The summed E-state index contributed by atoms with van der Waals surface area (Å²) in [6.07, 6.45) is -1.03. The maximum absolute atomic E-state index is 11.6. The lowest BCUT2D eigenvalue weighted by Crippen LogP contribution is -2.46. The molecule has 1 aromatic rings. The average Bonchev–Trinajstić information content (AvgIpc) is 2.45. The Labute approximate surface area is 116 Å². The van der Waals surface area contributed by atoms with Crippen molar-refractivity contribution in [1.29, 1.82) is 0 Å². The number of hydrazine groups is 1. The molecular weight excluding hydrogens is 264 g/mol. The molecule has 1 aromatic carbocycles. The number of methoxy groups -OCH3 is 1. The molecule has 0 spiro atoms. The Balaban J connectivity index is 2.39. The third kappa shape index (κ3) is 5.07. The molecule has 7 nitrogen and oxygen atoms in total. The van der Waals surface area contributed by atoms with Crippen molar-refractivity contribution >= 4 is 17.8 Å². The van der Waals surface area contributed by atoms with Gasteiger partial charge in [-0.05, 0) is 19.1 Å². The summed E-state index contributed by atoms with van der Waals surface area (Å²) in [5.41, 5.74) is 4.80. The van der Waals surface area contributed by atoms with E-state index in [4.69, 9.17) is 4.74 Å². The topological polar surface area (TPSA) is 93.7 Å². The van der Waals surface area contributed by atoms with Crippen molar-refractivity contribution in [2.75, 3.05) is 13.7 Å². The SMILES string of the molecule is COCC(=O)O[C@@H](C)C(=O)NNC(=O)c1ccccc1.